The molecule has 2 fully saturated rings. The van der Waals surface area contributed by atoms with Crippen LogP contribution in [0.25, 0.3) is 0 Å². The summed E-state index contributed by atoms with van der Waals surface area (Å²) in [6, 6.07) is 6.82. The number of hydrogen-bond acceptors (Lipinski definition) is 4. The molecule has 2 aliphatic rings. The number of nitrogens with zero attached hydrogens (tertiary/aromatic N) is 3. The Morgan fingerprint density at radius 1 is 0.923 bits per heavy atom. The van der Waals surface area contributed by atoms with Gasteiger partial charge in [0, 0.05) is 44.8 Å². The maximum absolute atomic E-state index is 12.5. The monoisotopic (exact) mass is 379 g/mol. The van der Waals surface area contributed by atoms with Gasteiger partial charge in [0.15, 0.2) is 0 Å². The van der Waals surface area contributed by atoms with Crippen LogP contribution in [-0.4, -0.2) is 74.1 Å². The van der Waals surface area contributed by atoms with E-state index in [4.69, 9.17) is 0 Å². The van der Waals surface area contributed by atoms with Crippen LogP contribution in [0.3, 0.4) is 0 Å². The number of carbonyl (C=O) groups excluding carboxylic acids is 2. The summed E-state index contributed by atoms with van der Waals surface area (Å²) in [5.74, 6) is -0.111. The second-order valence-corrected chi connectivity index (χ2v) is 8.82. The third-order valence-electron chi connectivity index (χ3n) is 5.01. The lowest BCUT2D eigenvalue weighted by atomic mass is 10.1. The molecule has 2 amide bonds. The van der Waals surface area contributed by atoms with E-state index in [0.717, 1.165) is 25.7 Å². The van der Waals surface area contributed by atoms with E-state index in [2.05, 4.69) is 0 Å². The van der Waals surface area contributed by atoms with Crippen molar-refractivity contribution < 1.29 is 18.0 Å². The second-order valence-electron chi connectivity index (χ2n) is 6.85. The van der Waals surface area contributed by atoms with Gasteiger partial charge in [0.1, 0.15) is 0 Å². The molecule has 2 aliphatic heterocycles. The summed E-state index contributed by atoms with van der Waals surface area (Å²) >= 11 is 0. The molecule has 26 heavy (non-hydrogen) atoms. The molecule has 0 aromatic heterocycles. The first-order chi connectivity index (χ1) is 12.5. The molecule has 0 saturated carbocycles. The lowest BCUT2D eigenvalue weighted by Crippen LogP contribution is -2.48. The molecule has 0 radical (unpaired) electrons. The fourth-order valence-electron chi connectivity index (χ4n) is 3.40. The van der Waals surface area contributed by atoms with Gasteiger partial charge in [0.2, 0.25) is 16.4 Å². The van der Waals surface area contributed by atoms with Crippen molar-refractivity contribution in [3.05, 3.63) is 35.4 Å². The van der Waals surface area contributed by atoms with Crippen LogP contribution in [0.1, 0.15) is 35.2 Å². The lowest BCUT2D eigenvalue weighted by molar-refractivity contribution is -0.119. The van der Waals surface area contributed by atoms with Gasteiger partial charge in [0.25, 0.3) is 5.91 Å². The van der Waals surface area contributed by atoms with Crippen molar-refractivity contribution in [1.82, 2.24) is 14.1 Å². The summed E-state index contributed by atoms with van der Waals surface area (Å²) in [5.41, 5.74) is 1.24. The average molecular weight is 379 g/mol. The first-order valence-corrected chi connectivity index (χ1v) is 10.7. The molecular weight excluding hydrogens is 354 g/mol. The predicted molar refractivity (Wildman–Crippen MR) is 98.0 cm³/mol. The largest absolute Gasteiger partial charge is 0.342 e. The van der Waals surface area contributed by atoms with E-state index in [-0.39, 0.29) is 11.7 Å². The van der Waals surface area contributed by atoms with E-state index in [0.29, 0.717) is 50.4 Å². The quantitative estimate of drug-likeness (QED) is 0.713. The second kappa shape index (κ2) is 8.18. The van der Waals surface area contributed by atoms with E-state index in [1.165, 1.54) is 0 Å². The molecule has 7 nitrogen and oxygen atoms in total. The number of benzene rings is 1. The fraction of sp³-hybridized carbons (Fsp3) is 0.556. The van der Waals surface area contributed by atoms with Gasteiger partial charge in [-0.3, -0.25) is 9.59 Å². The van der Waals surface area contributed by atoms with Gasteiger partial charge in [-0.15, -0.1) is 0 Å². The Balaban J connectivity index is 1.61. The van der Waals surface area contributed by atoms with Crippen LogP contribution < -0.4 is 0 Å². The van der Waals surface area contributed by atoms with Crippen LogP contribution in [0.2, 0.25) is 0 Å². The van der Waals surface area contributed by atoms with E-state index in [1.54, 1.807) is 38.4 Å². The van der Waals surface area contributed by atoms with Crippen molar-refractivity contribution in [3.8, 4) is 0 Å². The van der Waals surface area contributed by atoms with Crippen molar-refractivity contribution in [1.29, 1.82) is 0 Å². The SMILES string of the molecule is O=CN1CCN(C(=O)c2ccc(CS(=O)(=O)N3CCCCC3)cc2)CC1. The molecule has 2 saturated heterocycles. The number of piperazine rings is 1. The highest BCUT2D eigenvalue weighted by molar-refractivity contribution is 7.88. The number of carbonyl (C=O) groups is 2. The third kappa shape index (κ3) is 4.42. The Morgan fingerprint density at radius 3 is 2.12 bits per heavy atom. The molecule has 0 bridgehead atoms. The third-order valence-corrected chi connectivity index (χ3v) is 6.86. The average Bonchev–Trinajstić information content (AvgIpc) is 2.68. The van der Waals surface area contributed by atoms with Crippen LogP contribution in [0, 0.1) is 0 Å². The van der Waals surface area contributed by atoms with Crippen molar-refractivity contribution in [2.45, 2.75) is 25.0 Å². The Hall–Kier alpha value is -1.93. The summed E-state index contributed by atoms with van der Waals surface area (Å²) in [6.45, 7) is 3.32. The topological polar surface area (TPSA) is 78.0 Å². The molecule has 142 valence electrons. The van der Waals surface area contributed by atoms with Gasteiger partial charge >= 0.3 is 0 Å². The minimum Gasteiger partial charge on any atom is -0.342 e. The molecular formula is C18H25N3O4S. The smallest absolute Gasteiger partial charge is 0.253 e. The summed E-state index contributed by atoms with van der Waals surface area (Å²) in [6.07, 6.45) is 3.73. The van der Waals surface area contributed by atoms with E-state index in [9.17, 15) is 18.0 Å². The van der Waals surface area contributed by atoms with Gasteiger partial charge in [-0.1, -0.05) is 18.6 Å². The maximum atomic E-state index is 12.5. The standard InChI is InChI=1S/C18H25N3O4S/c22-15-19-10-12-20(13-11-19)18(23)17-6-4-16(5-7-17)14-26(24,25)21-8-2-1-3-9-21/h4-7,15H,1-3,8-14H2. The van der Waals surface area contributed by atoms with Crippen LogP contribution in [0.5, 0.6) is 0 Å². The minimum atomic E-state index is -3.30. The van der Waals surface area contributed by atoms with Crippen molar-refractivity contribution in [2.75, 3.05) is 39.3 Å². The van der Waals surface area contributed by atoms with Gasteiger partial charge in [0.05, 0.1) is 5.75 Å². The Bertz CT molecular complexity index is 734. The summed E-state index contributed by atoms with van der Waals surface area (Å²) in [5, 5.41) is 0. The van der Waals surface area contributed by atoms with Crippen LogP contribution in [-0.2, 0) is 20.6 Å². The van der Waals surface area contributed by atoms with Gasteiger partial charge < -0.3 is 9.80 Å². The fourth-order valence-corrected chi connectivity index (χ4v) is 5.01. The number of rotatable bonds is 5. The molecule has 0 unspecified atom stereocenters. The minimum absolute atomic E-state index is 0.0283. The zero-order valence-electron chi connectivity index (χ0n) is 14.8. The Labute approximate surface area is 154 Å². The zero-order chi connectivity index (χ0) is 18.6. The van der Waals surface area contributed by atoms with Gasteiger partial charge in [-0.25, -0.2) is 12.7 Å². The Kier molecular flexibility index (Phi) is 5.93. The van der Waals surface area contributed by atoms with Gasteiger partial charge in [-0.2, -0.15) is 0 Å². The first kappa shape index (κ1) is 18.8. The summed E-state index contributed by atoms with van der Waals surface area (Å²) in [7, 11) is -3.30. The highest BCUT2D eigenvalue weighted by Crippen LogP contribution is 2.18. The maximum Gasteiger partial charge on any atom is 0.253 e. The van der Waals surface area contributed by atoms with Crippen molar-refractivity contribution >= 4 is 22.3 Å². The van der Waals surface area contributed by atoms with Crippen molar-refractivity contribution in [3.63, 3.8) is 0 Å². The van der Waals surface area contributed by atoms with E-state index in [1.807, 2.05) is 0 Å². The van der Waals surface area contributed by atoms with Crippen LogP contribution in [0.15, 0.2) is 24.3 Å². The molecule has 0 atom stereocenters. The number of piperidine rings is 1. The number of amides is 2. The molecule has 0 N–H and O–H groups in total. The molecule has 1 aromatic carbocycles. The number of hydrogen-bond donors (Lipinski definition) is 0. The molecule has 0 aliphatic carbocycles. The Morgan fingerprint density at radius 2 is 1.54 bits per heavy atom. The van der Waals surface area contributed by atoms with Gasteiger partial charge in [-0.05, 0) is 30.5 Å². The van der Waals surface area contributed by atoms with E-state index >= 15 is 0 Å². The first-order valence-electron chi connectivity index (χ1n) is 9.05. The highest BCUT2D eigenvalue weighted by atomic mass is 32.2. The van der Waals surface area contributed by atoms with Crippen LogP contribution >= 0.6 is 0 Å². The van der Waals surface area contributed by atoms with Crippen molar-refractivity contribution in [2.24, 2.45) is 0 Å². The summed E-state index contributed by atoms with van der Waals surface area (Å²) in [4.78, 5) is 26.6. The molecule has 8 heteroatoms. The predicted octanol–water partition coefficient (Wildman–Crippen LogP) is 0.916. The highest BCUT2D eigenvalue weighted by Gasteiger charge is 2.25. The molecule has 2 heterocycles. The molecule has 1 aromatic rings. The van der Waals surface area contributed by atoms with E-state index < -0.39 is 10.0 Å². The lowest BCUT2D eigenvalue weighted by Gasteiger charge is -2.32. The van der Waals surface area contributed by atoms with Crippen LogP contribution in [0.4, 0.5) is 0 Å². The normalized spacial score (nSPS) is 19.4. The molecule has 3 rings (SSSR count). The summed E-state index contributed by atoms with van der Waals surface area (Å²) < 4.78 is 26.6. The zero-order valence-corrected chi connectivity index (χ0v) is 15.7. The number of sulfonamides is 1. The molecule has 0 spiro atoms.